The minimum atomic E-state index is 0.168. The van der Waals surface area contributed by atoms with Gasteiger partial charge in [0.1, 0.15) is 0 Å². The zero-order valence-electron chi connectivity index (χ0n) is 15.2. The molecule has 1 heterocycles. The molecule has 2 rings (SSSR count). The first-order valence-electron chi connectivity index (χ1n) is 8.58. The lowest BCUT2D eigenvalue weighted by atomic mass is 9.86. The fourth-order valence-corrected chi connectivity index (χ4v) is 2.58. The van der Waals surface area contributed by atoms with Crippen LogP contribution >= 0.6 is 0 Å². The molecule has 128 valence electrons. The Kier molecular flexibility index (Phi) is 6.13. The van der Waals surface area contributed by atoms with Crippen molar-refractivity contribution >= 4 is 5.91 Å². The summed E-state index contributed by atoms with van der Waals surface area (Å²) in [6, 6.07) is 12.6. The lowest BCUT2D eigenvalue weighted by molar-refractivity contribution is -0.129. The van der Waals surface area contributed by atoms with Gasteiger partial charge < -0.3 is 4.90 Å². The van der Waals surface area contributed by atoms with E-state index in [1.807, 2.05) is 24.1 Å². The van der Waals surface area contributed by atoms with Crippen LogP contribution in [-0.2, 0) is 23.1 Å². The molecule has 0 unspecified atom stereocenters. The van der Waals surface area contributed by atoms with E-state index in [0.717, 1.165) is 19.4 Å². The van der Waals surface area contributed by atoms with E-state index in [1.54, 1.807) is 12.4 Å². The van der Waals surface area contributed by atoms with Gasteiger partial charge in [-0.1, -0.05) is 45.0 Å². The number of aryl methyl sites for hydroxylation is 1. The topological polar surface area (TPSA) is 33.2 Å². The maximum absolute atomic E-state index is 12.3. The summed E-state index contributed by atoms with van der Waals surface area (Å²) < 4.78 is 0. The van der Waals surface area contributed by atoms with E-state index < -0.39 is 0 Å². The highest BCUT2D eigenvalue weighted by molar-refractivity contribution is 5.76. The van der Waals surface area contributed by atoms with Crippen molar-refractivity contribution in [3.63, 3.8) is 0 Å². The normalized spacial score (nSPS) is 11.3. The summed E-state index contributed by atoms with van der Waals surface area (Å²) in [7, 11) is 1.88. The number of carbonyl (C=O) groups is 1. The fraction of sp³-hybridized carbons (Fsp3) is 0.429. The molecule has 24 heavy (non-hydrogen) atoms. The maximum Gasteiger partial charge on any atom is 0.222 e. The number of amides is 1. The molecule has 0 atom stereocenters. The molecule has 0 aliphatic carbocycles. The molecule has 0 aliphatic heterocycles. The largest absolute Gasteiger partial charge is 0.345 e. The number of carbonyl (C=O) groups excluding carboxylic acids is 1. The molecule has 0 saturated carbocycles. The average Bonchev–Trinajstić information content (AvgIpc) is 2.58. The molecule has 1 aromatic heterocycles. The molecule has 0 aliphatic rings. The minimum absolute atomic E-state index is 0.168. The van der Waals surface area contributed by atoms with Gasteiger partial charge in [-0.3, -0.25) is 9.78 Å². The highest BCUT2D eigenvalue weighted by Crippen LogP contribution is 2.22. The summed E-state index contributed by atoms with van der Waals surface area (Å²) in [5.74, 6) is 0.198. The quantitative estimate of drug-likeness (QED) is 0.804. The number of pyridine rings is 1. The van der Waals surface area contributed by atoms with Crippen LogP contribution in [0.5, 0.6) is 0 Å². The van der Waals surface area contributed by atoms with Crippen LogP contribution in [0.2, 0.25) is 0 Å². The van der Waals surface area contributed by atoms with Gasteiger partial charge in [-0.15, -0.1) is 0 Å². The molecule has 0 spiro atoms. The zero-order valence-corrected chi connectivity index (χ0v) is 15.2. The van der Waals surface area contributed by atoms with Crippen LogP contribution in [0, 0.1) is 0 Å². The van der Waals surface area contributed by atoms with E-state index in [1.165, 1.54) is 16.7 Å². The van der Waals surface area contributed by atoms with Gasteiger partial charge in [-0.05, 0) is 47.1 Å². The highest BCUT2D eigenvalue weighted by Gasteiger charge is 2.13. The van der Waals surface area contributed by atoms with Crippen LogP contribution in [0.25, 0.3) is 0 Å². The van der Waals surface area contributed by atoms with Crippen molar-refractivity contribution in [2.75, 3.05) is 13.6 Å². The Morgan fingerprint density at radius 1 is 0.958 bits per heavy atom. The molecule has 2 aromatic rings. The van der Waals surface area contributed by atoms with Gasteiger partial charge in [-0.2, -0.15) is 0 Å². The Morgan fingerprint density at radius 2 is 1.54 bits per heavy atom. The van der Waals surface area contributed by atoms with Crippen LogP contribution in [0.1, 0.15) is 43.9 Å². The van der Waals surface area contributed by atoms with E-state index in [4.69, 9.17) is 0 Å². The van der Waals surface area contributed by atoms with Crippen LogP contribution in [0.4, 0.5) is 0 Å². The molecular weight excluding hydrogens is 296 g/mol. The third kappa shape index (κ3) is 5.48. The molecule has 0 saturated heterocycles. The molecule has 1 amide bonds. The lowest BCUT2D eigenvalue weighted by Crippen LogP contribution is -2.29. The Bertz CT molecular complexity index is 642. The van der Waals surface area contributed by atoms with Crippen molar-refractivity contribution in [3.05, 3.63) is 65.5 Å². The van der Waals surface area contributed by atoms with Gasteiger partial charge in [0.25, 0.3) is 0 Å². The summed E-state index contributed by atoms with van der Waals surface area (Å²) in [6.07, 6.45) is 5.80. The van der Waals surface area contributed by atoms with Crippen molar-refractivity contribution in [1.29, 1.82) is 0 Å². The zero-order chi connectivity index (χ0) is 17.6. The molecule has 0 N–H and O–H groups in total. The van der Waals surface area contributed by atoms with E-state index in [2.05, 4.69) is 50.0 Å². The van der Waals surface area contributed by atoms with Crippen LogP contribution in [-0.4, -0.2) is 29.4 Å². The smallest absolute Gasteiger partial charge is 0.222 e. The Labute approximate surface area is 145 Å². The number of rotatable bonds is 6. The number of hydrogen-bond donors (Lipinski definition) is 0. The SMILES string of the molecule is CN(CCc1ccncc1)C(=O)CCc1ccc(C(C)(C)C)cc1. The van der Waals surface area contributed by atoms with E-state index >= 15 is 0 Å². The summed E-state index contributed by atoms with van der Waals surface area (Å²) in [4.78, 5) is 18.1. The van der Waals surface area contributed by atoms with Gasteiger partial charge in [-0.25, -0.2) is 0 Å². The predicted octanol–water partition coefficient (Wildman–Crippen LogP) is 4.01. The number of likely N-dealkylation sites (N-methyl/N-ethyl adjacent to an activating group) is 1. The van der Waals surface area contributed by atoms with Crippen LogP contribution in [0.15, 0.2) is 48.8 Å². The fourth-order valence-electron chi connectivity index (χ4n) is 2.58. The van der Waals surface area contributed by atoms with E-state index in [-0.39, 0.29) is 11.3 Å². The first kappa shape index (κ1) is 18.2. The number of benzene rings is 1. The summed E-state index contributed by atoms with van der Waals surface area (Å²) in [5, 5.41) is 0. The Balaban J connectivity index is 1.79. The average molecular weight is 324 g/mol. The van der Waals surface area contributed by atoms with Crippen molar-refractivity contribution < 1.29 is 4.79 Å². The third-order valence-electron chi connectivity index (χ3n) is 4.36. The second kappa shape index (κ2) is 8.09. The molecular formula is C21H28N2O. The third-order valence-corrected chi connectivity index (χ3v) is 4.36. The van der Waals surface area contributed by atoms with Crippen LogP contribution < -0.4 is 0 Å². The number of aromatic nitrogens is 1. The Morgan fingerprint density at radius 3 is 2.12 bits per heavy atom. The summed E-state index contributed by atoms with van der Waals surface area (Å²) in [5.41, 5.74) is 3.93. The second-order valence-corrected chi connectivity index (χ2v) is 7.37. The van der Waals surface area contributed by atoms with Gasteiger partial charge in [0.2, 0.25) is 5.91 Å². The van der Waals surface area contributed by atoms with Gasteiger partial charge in [0, 0.05) is 32.4 Å². The number of hydrogen-bond acceptors (Lipinski definition) is 2. The molecule has 3 nitrogen and oxygen atoms in total. The van der Waals surface area contributed by atoms with E-state index in [9.17, 15) is 4.79 Å². The van der Waals surface area contributed by atoms with Crippen molar-refractivity contribution in [1.82, 2.24) is 9.88 Å². The van der Waals surface area contributed by atoms with Gasteiger partial charge in [0.05, 0.1) is 0 Å². The van der Waals surface area contributed by atoms with Gasteiger partial charge >= 0.3 is 0 Å². The van der Waals surface area contributed by atoms with Crippen molar-refractivity contribution in [3.8, 4) is 0 Å². The summed E-state index contributed by atoms with van der Waals surface area (Å²) >= 11 is 0. The van der Waals surface area contributed by atoms with Gasteiger partial charge in [0.15, 0.2) is 0 Å². The maximum atomic E-state index is 12.3. The standard InChI is InChI=1S/C21H28N2O/c1-21(2,3)19-8-5-17(6-9-19)7-10-20(24)23(4)16-13-18-11-14-22-15-12-18/h5-6,8-9,11-12,14-15H,7,10,13,16H2,1-4H3. The second-order valence-electron chi connectivity index (χ2n) is 7.37. The molecule has 1 aromatic carbocycles. The molecule has 0 fully saturated rings. The van der Waals surface area contributed by atoms with E-state index in [0.29, 0.717) is 6.42 Å². The monoisotopic (exact) mass is 324 g/mol. The molecule has 3 heteroatoms. The summed E-state index contributed by atoms with van der Waals surface area (Å²) in [6.45, 7) is 7.38. The van der Waals surface area contributed by atoms with Crippen molar-refractivity contribution in [2.24, 2.45) is 0 Å². The van der Waals surface area contributed by atoms with Crippen LogP contribution in [0.3, 0.4) is 0 Å². The first-order chi connectivity index (χ1) is 11.4. The predicted molar refractivity (Wildman–Crippen MR) is 99.0 cm³/mol. The van der Waals surface area contributed by atoms with Crippen molar-refractivity contribution in [2.45, 2.75) is 45.4 Å². The molecule has 0 radical (unpaired) electrons. The highest BCUT2D eigenvalue weighted by atomic mass is 16.2. The Hall–Kier alpha value is -2.16. The number of nitrogens with zero attached hydrogens (tertiary/aromatic N) is 2. The molecule has 0 bridgehead atoms. The lowest BCUT2D eigenvalue weighted by Gasteiger charge is -2.19. The first-order valence-corrected chi connectivity index (χ1v) is 8.58. The minimum Gasteiger partial charge on any atom is -0.345 e.